The van der Waals surface area contributed by atoms with Crippen LogP contribution in [0.2, 0.25) is 0 Å². The number of nitrogens with two attached hydrogens (primary N) is 1. The number of aliphatic hydroxyl groups is 1. The number of carbonyl (C=O) groups is 1. The van der Waals surface area contributed by atoms with E-state index >= 15 is 0 Å². The van der Waals surface area contributed by atoms with Crippen LogP contribution in [0.15, 0.2) is 0 Å². The van der Waals surface area contributed by atoms with Gasteiger partial charge in [0.25, 0.3) is 0 Å². The highest BCUT2D eigenvalue weighted by Crippen LogP contribution is 1.88. The fourth-order valence-electron chi connectivity index (χ4n) is 0.801. The Morgan fingerprint density at radius 1 is 1.33 bits per heavy atom. The molecule has 1 unspecified atom stereocenters. The maximum absolute atomic E-state index is 10.9. The van der Waals surface area contributed by atoms with Crippen LogP contribution in [0.3, 0.4) is 0 Å². The van der Waals surface area contributed by atoms with Crippen LogP contribution in [0.5, 0.6) is 0 Å². The summed E-state index contributed by atoms with van der Waals surface area (Å²) < 4.78 is 14.6. The Balaban J connectivity index is 3.20. The minimum atomic E-state index is -1.24. The summed E-state index contributed by atoms with van der Waals surface area (Å²) in [6, 6.07) is 0. The first-order valence-corrected chi connectivity index (χ1v) is 4.83. The van der Waals surface area contributed by atoms with Crippen molar-refractivity contribution in [2.45, 2.75) is 12.5 Å². The third-order valence-electron chi connectivity index (χ3n) is 1.60. The van der Waals surface area contributed by atoms with E-state index in [4.69, 9.17) is 20.3 Å². The Kier molecular flexibility index (Phi) is 9.40. The second kappa shape index (κ2) is 9.85. The Morgan fingerprint density at radius 2 is 2.07 bits per heavy atom. The lowest BCUT2D eigenvalue weighted by molar-refractivity contribution is -0.154. The predicted octanol–water partition coefficient (Wildman–Crippen LogP) is -1.10. The number of ether oxygens (including phenoxy) is 3. The van der Waals surface area contributed by atoms with Crippen LogP contribution in [0, 0.1) is 0 Å². The van der Waals surface area contributed by atoms with Gasteiger partial charge in [0.05, 0.1) is 6.61 Å². The van der Waals surface area contributed by atoms with E-state index in [-0.39, 0.29) is 13.2 Å². The summed E-state index contributed by atoms with van der Waals surface area (Å²) in [5, 5.41) is 8.94. The Bertz CT molecular complexity index is 165. The first-order chi connectivity index (χ1) is 7.22. The Labute approximate surface area is 89.3 Å². The lowest BCUT2D eigenvalue weighted by atomic mass is 10.4. The normalized spacial score (nSPS) is 12.5. The van der Waals surface area contributed by atoms with E-state index in [1.54, 1.807) is 7.11 Å². The molecule has 0 rings (SSSR count). The lowest BCUT2D eigenvalue weighted by Gasteiger charge is -2.08. The molecule has 0 spiro atoms. The van der Waals surface area contributed by atoms with E-state index < -0.39 is 12.1 Å². The first-order valence-electron chi connectivity index (χ1n) is 4.83. The van der Waals surface area contributed by atoms with Gasteiger partial charge in [-0.2, -0.15) is 0 Å². The molecule has 1 atom stereocenters. The van der Waals surface area contributed by atoms with Gasteiger partial charge in [-0.1, -0.05) is 0 Å². The average molecular weight is 221 g/mol. The molecule has 0 saturated carbocycles. The second-order valence-electron chi connectivity index (χ2n) is 2.88. The molecule has 6 nitrogen and oxygen atoms in total. The van der Waals surface area contributed by atoms with Gasteiger partial charge in [-0.3, -0.25) is 0 Å². The van der Waals surface area contributed by atoms with Crippen molar-refractivity contribution >= 4 is 5.97 Å². The zero-order valence-corrected chi connectivity index (χ0v) is 8.98. The highest BCUT2D eigenvalue weighted by Gasteiger charge is 2.13. The highest BCUT2D eigenvalue weighted by molar-refractivity contribution is 5.74. The van der Waals surface area contributed by atoms with Crippen molar-refractivity contribution in [1.29, 1.82) is 0 Å². The van der Waals surface area contributed by atoms with Gasteiger partial charge in [-0.05, 0) is 6.42 Å². The zero-order valence-electron chi connectivity index (χ0n) is 8.98. The predicted molar refractivity (Wildman–Crippen MR) is 53.3 cm³/mol. The fourth-order valence-corrected chi connectivity index (χ4v) is 0.801. The van der Waals surface area contributed by atoms with Gasteiger partial charge in [0.1, 0.15) is 6.61 Å². The van der Waals surface area contributed by atoms with Crippen LogP contribution in [-0.2, 0) is 19.0 Å². The summed E-state index contributed by atoms with van der Waals surface area (Å²) >= 11 is 0. The van der Waals surface area contributed by atoms with Crippen LogP contribution in [-0.4, -0.2) is 57.3 Å². The number of hydrogen-bond donors (Lipinski definition) is 2. The first kappa shape index (κ1) is 14.3. The second-order valence-corrected chi connectivity index (χ2v) is 2.88. The van der Waals surface area contributed by atoms with E-state index in [2.05, 4.69) is 4.74 Å². The average Bonchev–Trinajstić information content (AvgIpc) is 2.26. The molecule has 0 bridgehead atoms. The van der Waals surface area contributed by atoms with Crippen molar-refractivity contribution in [2.24, 2.45) is 5.73 Å². The molecule has 0 amide bonds. The lowest BCUT2D eigenvalue weighted by Crippen LogP contribution is -2.31. The molecule has 0 aliphatic heterocycles. The summed E-state index contributed by atoms with van der Waals surface area (Å²) in [7, 11) is 1.62. The molecule has 6 heteroatoms. The Morgan fingerprint density at radius 3 is 2.67 bits per heavy atom. The standard InChI is InChI=1S/C9H19NO5/c1-13-3-2-4-14-5-6-15-9(12)8(11)7-10/h8,11H,2-7,10H2,1H3. The van der Waals surface area contributed by atoms with E-state index in [1.165, 1.54) is 0 Å². The molecular formula is C9H19NO5. The molecule has 0 aliphatic carbocycles. The van der Waals surface area contributed by atoms with Crippen LogP contribution >= 0.6 is 0 Å². The molecule has 0 aliphatic rings. The van der Waals surface area contributed by atoms with Crippen molar-refractivity contribution in [2.75, 3.05) is 40.1 Å². The van der Waals surface area contributed by atoms with Crippen LogP contribution < -0.4 is 5.73 Å². The van der Waals surface area contributed by atoms with E-state index in [1.807, 2.05) is 0 Å². The quantitative estimate of drug-likeness (QED) is 0.379. The molecule has 15 heavy (non-hydrogen) atoms. The molecule has 0 heterocycles. The number of rotatable bonds is 9. The molecule has 0 saturated heterocycles. The van der Waals surface area contributed by atoms with Gasteiger partial charge in [0.15, 0.2) is 6.10 Å². The van der Waals surface area contributed by atoms with E-state index in [9.17, 15) is 4.79 Å². The summed E-state index contributed by atoms with van der Waals surface area (Å²) in [5.74, 6) is -0.710. The van der Waals surface area contributed by atoms with Gasteiger partial charge < -0.3 is 25.1 Å². The fraction of sp³-hybridized carbons (Fsp3) is 0.889. The molecule has 0 aromatic carbocycles. The Hall–Kier alpha value is -0.690. The number of hydrogen-bond acceptors (Lipinski definition) is 6. The molecule has 0 aromatic rings. The van der Waals surface area contributed by atoms with Crippen molar-refractivity contribution in [1.82, 2.24) is 0 Å². The highest BCUT2D eigenvalue weighted by atomic mass is 16.6. The number of carbonyl (C=O) groups excluding carboxylic acids is 1. The van der Waals surface area contributed by atoms with E-state index in [0.717, 1.165) is 6.42 Å². The van der Waals surface area contributed by atoms with E-state index in [0.29, 0.717) is 19.8 Å². The zero-order chi connectivity index (χ0) is 11.5. The number of esters is 1. The molecule has 3 N–H and O–H groups in total. The summed E-state index contributed by atoms with van der Waals surface area (Å²) in [6.45, 7) is 1.51. The van der Waals surface area contributed by atoms with Crippen molar-refractivity contribution in [3.05, 3.63) is 0 Å². The van der Waals surface area contributed by atoms with Crippen LogP contribution in [0.4, 0.5) is 0 Å². The third-order valence-corrected chi connectivity index (χ3v) is 1.60. The third kappa shape index (κ3) is 8.31. The maximum atomic E-state index is 10.9. The minimum absolute atomic E-state index is 0.128. The van der Waals surface area contributed by atoms with Gasteiger partial charge in [0, 0.05) is 26.9 Å². The summed E-state index contributed by atoms with van der Waals surface area (Å²) in [6.07, 6.45) is -0.436. The molecule has 90 valence electrons. The SMILES string of the molecule is COCCCOCCOC(=O)C(O)CN. The van der Waals surface area contributed by atoms with Crippen LogP contribution in [0.1, 0.15) is 6.42 Å². The molecule has 0 radical (unpaired) electrons. The van der Waals surface area contributed by atoms with Crippen LogP contribution in [0.25, 0.3) is 0 Å². The number of aliphatic hydroxyl groups excluding tert-OH is 1. The van der Waals surface area contributed by atoms with Crippen molar-refractivity contribution in [3.8, 4) is 0 Å². The number of methoxy groups -OCH3 is 1. The van der Waals surface area contributed by atoms with Crippen molar-refractivity contribution < 1.29 is 24.1 Å². The van der Waals surface area contributed by atoms with Gasteiger partial charge in [-0.15, -0.1) is 0 Å². The monoisotopic (exact) mass is 221 g/mol. The molecule has 0 aromatic heterocycles. The van der Waals surface area contributed by atoms with Gasteiger partial charge >= 0.3 is 5.97 Å². The summed E-state index contributed by atoms with van der Waals surface area (Å²) in [4.78, 5) is 10.9. The molecule has 0 fully saturated rings. The van der Waals surface area contributed by atoms with Crippen molar-refractivity contribution in [3.63, 3.8) is 0 Å². The topological polar surface area (TPSA) is 91.0 Å². The van der Waals surface area contributed by atoms with Gasteiger partial charge in [-0.25, -0.2) is 4.79 Å². The largest absolute Gasteiger partial charge is 0.461 e. The van der Waals surface area contributed by atoms with Gasteiger partial charge in [0.2, 0.25) is 0 Å². The smallest absolute Gasteiger partial charge is 0.336 e. The molecular weight excluding hydrogens is 202 g/mol. The summed E-state index contributed by atoms with van der Waals surface area (Å²) in [5.41, 5.74) is 5.06. The maximum Gasteiger partial charge on any atom is 0.336 e. The minimum Gasteiger partial charge on any atom is -0.461 e.